The van der Waals surface area contributed by atoms with Crippen LogP contribution in [0.3, 0.4) is 0 Å². The highest BCUT2D eigenvalue weighted by molar-refractivity contribution is 5.14. The van der Waals surface area contributed by atoms with Crippen LogP contribution in [-0.2, 0) is 6.54 Å². The van der Waals surface area contributed by atoms with E-state index in [2.05, 4.69) is 20.8 Å². The molecule has 0 bridgehead atoms. The summed E-state index contributed by atoms with van der Waals surface area (Å²) >= 11 is 0. The van der Waals surface area contributed by atoms with Crippen LogP contribution in [0.1, 0.15) is 26.3 Å². The summed E-state index contributed by atoms with van der Waals surface area (Å²) in [6.45, 7) is 11.0. The van der Waals surface area contributed by atoms with E-state index < -0.39 is 0 Å². The molecule has 0 radical (unpaired) electrons. The highest BCUT2D eigenvalue weighted by atomic mass is 19.1. The van der Waals surface area contributed by atoms with Gasteiger partial charge in [0.1, 0.15) is 12.4 Å². The Morgan fingerprint density at radius 2 is 1.40 bits per heavy atom. The van der Waals surface area contributed by atoms with E-state index in [-0.39, 0.29) is 5.82 Å². The molecule has 0 atom stereocenters. The second-order valence-electron chi connectivity index (χ2n) is 4.07. The number of hydrogen-bond acceptors (Lipinski definition) is 0. The Hall–Kier alpha value is -0.890. The molecule has 1 nitrogen and oxygen atoms in total. The molecule has 1 rings (SSSR count). The number of benzene rings is 1. The number of halogens is 1. The van der Waals surface area contributed by atoms with Gasteiger partial charge in [-0.15, -0.1) is 0 Å². The van der Waals surface area contributed by atoms with Crippen molar-refractivity contribution in [3.63, 3.8) is 0 Å². The molecular weight excluding hydrogens is 189 g/mol. The quantitative estimate of drug-likeness (QED) is 0.655. The lowest BCUT2D eigenvalue weighted by Crippen LogP contribution is -2.46. The van der Waals surface area contributed by atoms with Crippen LogP contribution in [0, 0.1) is 5.82 Å². The van der Waals surface area contributed by atoms with Gasteiger partial charge in [-0.3, -0.25) is 0 Å². The molecule has 0 unspecified atom stereocenters. The Labute approximate surface area is 92.1 Å². The summed E-state index contributed by atoms with van der Waals surface area (Å²) in [5.41, 5.74) is 1.22. The van der Waals surface area contributed by atoms with Gasteiger partial charge in [-0.1, -0.05) is 12.1 Å². The molecule has 0 aromatic heterocycles. The van der Waals surface area contributed by atoms with E-state index in [0.717, 1.165) is 30.7 Å². The van der Waals surface area contributed by atoms with Gasteiger partial charge in [0.05, 0.1) is 19.6 Å². The molecule has 0 saturated heterocycles. The zero-order chi connectivity index (χ0) is 11.3. The van der Waals surface area contributed by atoms with E-state index in [4.69, 9.17) is 0 Å². The summed E-state index contributed by atoms with van der Waals surface area (Å²) in [5.74, 6) is -0.152. The summed E-state index contributed by atoms with van der Waals surface area (Å²) in [4.78, 5) is 0. The van der Waals surface area contributed by atoms with Crippen LogP contribution in [-0.4, -0.2) is 24.1 Å². The van der Waals surface area contributed by atoms with Crippen LogP contribution < -0.4 is 0 Å². The van der Waals surface area contributed by atoms with Gasteiger partial charge >= 0.3 is 0 Å². The number of quaternary nitrogens is 1. The molecule has 1 aromatic rings. The van der Waals surface area contributed by atoms with Gasteiger partial charge < -0.3 is 4.48 Å². The van der Waals surface area contributed by atoms with Gasteiger partial charge in [0.2, 0.25) is 0 Å². The predicted molar refractivity (Wildman–Crippen MR) is 62.0 cm³/mol. The highest BCUT2D eigenvalue weighted by Gasteiger charge is 2.20. The monoisotopic (exact) mass is 210 g/mol. The van der Waals surface area contributed by atoms with Crippen LogP contribution in [0.5, 0.6) is 0 Å². The first-order chi connectivity index (χ1) is 7.15. The SMILES string of the molecule is CC[N+](CC)(CC)Cc1ccc(F)cc1. The zero-order valence-electron chi connectivity index (χ0n) is 9.96. The summed E-state index contributed by atoms with van der Waals surface area (Å²) in [7, 11) is 0. The Kier molecular flexibility index (Phi) is 4.28. The Morgan fingerprint density at radius 3 is 1.80 bits per heavy atom. The molecule has 1 aromatic carbocycles. The summed E-state index contributed by atoms with van der Waals surface area (Å²) in [6.07, 6.45) is 0. The average Bonchev–Trinajstić information content (AvgIpc) is 2.29. The largest absolute Gasteiger partial charge is 0.321 e. The number of hydrogen-bond donors (Lipinski definition) is 0. The van der Waals surface area contributed by atoms with E-state index in [9.17, 15) is 4.39 Å². The van der Waals surface area contributed by atoms with Gasteiger partial charge in [0.25, 0.3) is 0 Å². The zero-order valence-corrected chi connectivity index (χ0v) is 9.96. The fourth-order valence-corrected chi connectivity index (χ4v) is 1.98. The van der Waals surface area contributed by atoms with Gasteiger partial charge in [-0.25, -0.2) is 4.39 Å². The molecule has 0 fully saturated rings. The molecule has 0 aliphatic heterocycles. The summed E-state index contributed by atoms with van der Waals surface area (Å²) in [6, 6.07) is 6.88. The normalized spacial score (nSPS) is 11.7. The minimum Gasteiger partial charge on any atom is -0.321 e. The van der Waals surface area contributed by atoms with Gasteiger partial charge in [-0.2, -0.15) is 0 Å². The third kappa shape index (κ3) is 3.03. The van der Waals surface area contributed by atoms with E-state index in [0.29, 0.717) is 0 Å². The maximum atomic E-state index is 12.8. The molecule has 0 N–H and O–H groups in total. The maximum absolute atomic E-state index is 12.8. The topological polar surface area (TPSA) is 0 Å². The summed E-state index contributed by atoms with van der Waals surface area (Å²) < 4.78 is 13.8. The van der Waals surface area contributed by atoms with Crippen molar-refractivity contribution in [3.8, 4) is 0 Å². The highest BCUT2D eigenvalue weighted by Crippen LogP contribution is 2.14. The van der Waals surface area contributed by atoms with Gasteiger partial charge in [-0.05, 0) is 32.9 Å². The Morgan fingerprint density at radius 1 is 0.933 bits per heavy atom. The van der Waals surface area contributed by atoms with E-state index >= 15 is 0 Å². The molecule has 0 aliphatic carbocycles. The Balaban J connectivity index is 2.78. The van der Waals surface area contributed by atoms with E-state index in [1.165, 1.54) is 5.56 Å². The van der Waals surface area contributed by atoms with E-state index in [1.54, 1.807) is 12.1 Å². The molecule has 0 spiro atoms. The Bertz CT molecular complexity index is 280. The van der Waals surface area contributed by atoms with Crippen molar-refractivity contribution >= 4 is 0 Å². The fourth-order valence-electron chi connectivity index (χ4n) is 1.98. The number of rotatable bonds is 5. The lowest BCUT2D eigenvalue weighted by Gasteiger charge is -2.35. The predicted octanol–water partition coefficient (Wildman–Crippen LogP) is 3.20. The van der Waals surface area contributed by atoms with Crippen LogP contribution in [0.15, 0.2) is 24.3 Å². The third-order valence-corrected chi connectivity index (χ3v) is 3.44. The van der Waals surface area contributed by atoms with Crippen molar-refractivity contribution < 1.29 is 8.87 Å². The molecule has 0 aliphatic rings. The van der Waals surface area contributed by atoms with Crippen LogP contribution in [0.25, 0.3) is 0 Å². The number of nitrogens with zero attached hydrogens (tertiary/aromatic N) is 1. The second kappa shape index (κ2) is 5.26. The molecule has 0 saturated carbocycles. The average molecular weight is 210 g/mol. The standard InChI is InChI=1S/C13H21FN/c1-4-15(5-2,6-3)11-12-7-9-13(14)10-8-12/h7-10H,4-6,11H2,1-3H3/q+1. The smallest absolute Gasteiger partial charge is 0.123 e. The molecule has 84 valence electrons. The van der Waals surface area contributed by atoms with Crippen molar-refractivity contribution in [3.05, 3.63) is 35.6 Å². The molecule has 2 heteroatoms. The maximum Gasteiger partial charge on any atom is 0.123 e. The summed E-state index contributed by atoms with van der Waals surface area (Å²) in [5, 5.41) is 0. The van der Waals surface area contributed by atoms with Crippen molar-refractivity contribution in [1.29, 1.82) is 0 Å². The first-order valence-corrected chi connectivity index (χ1v) is 5.75. The lowest BCUT2D eigenvalue weighted by atomic mass is 10.1. The second-order valence-corrected chi connectivity index (χ2v) is 4.07. The van der Waals surface area contributed by atoms with Crippen molar-refractivity contribution in [2.45, 2.75) is 27.3 Å². The van der Waals surface area contributed by atoms with Crippen molar-refractivity contribution in [2.24, 2.45) is 0 Å². The molecular formula is C13H21FN+. The van der Waals surface area contributed by atoms with Crippen LogP contribution in [0.4, 0.5) is 4.39 Å². The van der Waals surface area contributed by atoms with Crippen LogP contribution in [0.2, 0.25) is 0 Å². The first-order valence-electron chi connectivity index (χ1n) is 5.75. The van der Waals surface area contributed by atoms with Crippen molar-refractivity contribution in [2.75, 3.05) is 19.6 Å². The fraction of sp³-hybridized carbons (Fsp3) is 0.538. The van der Waals surface area contributed by atoms with Gasteiger partial charge in [0.15, 0.2) is 0 Å². The van der Waals surface area contributed by atoms with E-state index in [1.807, 2.05) is 12.1 Å². The minimum absolute atomic E-state index is 0.152. The van der Waals surface area contributed by atoms with Gasteiger partial charge in [0, 0.05) is 5.56 Å². The minimum atomic E-state index is -0.152. The van der Waals surface area contributed by atoms with Crippen molar-refractivity contribution in [1.82, 2.24) is 0 Å². The lowest BCUT2D eigenvalue weighted by molar-refractivity contribution is -0.936. The first kappa shape index (κ1) is 12.2. The molecule has 0 amide bonds. The van der Waals surface area contributed by atoms with Crippen LogP contribution >= 0.6 is 0 Å². The third-order valence-electron chi connectivity index (χ3n) is 3.44. The molecule has 0 heterocycles. The molecule has 15 heavy (non-hydrogen) atoms.